The zero-order valence-corrected chi connectivity index (χ0v) is 13.6. The molecule has 0 amide bonds. The molecule has 0 bridgehead atoms. The summed E-state index contributed by atoms with van der Waals surface area (Å²) in [6.45, 7) is 9.02. The summed E-state index contributed by atoms with van der Waals surface area (Å²) in [5.41, 5.74) is 3.51. The molecule has 4 aliphatic rings. The SMILES string of the molecule is C=C1CC[C@@]2(C)C(=CC[C@@H]3[C@@H]2CC[C@]2(C)C(=O)CC[C@@H]32)C1. The summed E-state index contributed by atoms with van der Waals surface area (Å²) in [6.07, 6.45) is 11.8. The third kappa shape index (κ3) is 1.72. The molecule has 5 atom stereocenters. The molecule has 4 rings (SSSR count). The largest absolute Gasteiger partial charge is 0.299 e. The minimum atomic E-state index is 0.0150. The molecule has 0 aromatic rings. The third-order valence-electron chi connectivity index (χ3n) is 7.77. The maximum absolute atomic E-state index is 12.4. The summed E-state index contributed by atoms with van der Waals surface area (Å²) in [6, 6.07) is 0. The third-order valence-corrected chi connectivity index (χ3v) is 7.77. The Labute approximate surface area is 128 Å². The standard InChI is InChI=1S/C20H28O/c1-13-8-10-19(2)14(12-13)4-5-15-16-6-7-18(21)20(16,3)11-9-17(15)19/h4,15-17H,1,5-12H2,2-3H3/t15-,16-,17-,19-,20-/m0/s1. The van der Waals surface area contributed by atoms with Crippen LogP contribution in [0.2, 0.25) is 0 Å². The van der Waals surface area contributed by atoms with Gasteiger partial charge in [-0.05, 0) is 68.1 Å². The van der Waals surface area contributed by atoms with E-state index in [1.165, 1.54) is 31.3 Å². The van der Waals surface area contributed by atoms with Gasteiger partial charge in [-0.1, -0.05) is 37.6 Å². The van der Waals surface area contributed by atoms with Gasteiger partial charge in [0, 0.05) is 11.8 Å². The molecule has 4 aliphatic carbocycles. The average molecular weight is 284 g/mol. The fourth-order valence-electron chi connectivity index (χ4n) is 6.34. The summed E-state index contributed by atoms with van der Waals surface area (Å²) >= 11 is 0. The van der Waals surface area contributed by atoms with Crippen molar-refractivity contribution in [3.63, 3.8) is 0 Å². The summed E-state index contributed by atoms with van der Waals surface area (Å²) in [5.74, 6) is 2.79. The van der Waals surface area contributed by atoms with E-state index in [4.69, 9.17) is 0 Å². The van der Waals surface area contributed by atoms with Crippen LogP contribution in [0.4, 0.5) is 0 Å². The second-order valence-electron chi connectivity index (χ2n) is 8.60. The smallest absolute Gasteiger partial charge is 0.139 e. The number of carbonyl (C=O) groups is 1. The molecule has 1 nitrogen and oxygen atoms in total. The highest BCUT2D eigenvalue weighted by molar-refractivity contribution is 5.87. The van der Waals surface area contributed by atoms with Crippen LogP contribution in [0.1, 0.15) is 65.2 Å². The van der Waals surface area contributed by atoms with E-state index in [0.29, 0.717) is 17.1 Å². The summed E-state index contributed by atoms with van der Waals surface area (Å²) in [4.78, 5) is 12.4. The zero-order valence-electron chi connectivity index (χ0n) is 13.6. The Kier molecular flexibility index (Phi) is 2.85. The number of ketones is 1. The van der Waals surface area contributed by atoms with Crippen molar-refractivity contribution in [2.24, 2.45) is 28.6 Å². The predicted octanol–water partition coefficient (Wildman–Crippen LogP) is 5.07. The molecule has 3 saturated carbocycles. The number of rotatable bonds is 0. The topological polar surface area (TPSA) is 17.1 Å². The Bertz CT molecular complexity index is 542. The second kappa shape index (κ2) is 4.33. The number of Topliss-reactive ketones (excluding diaryl/α,β-unsaturated/α-hetero) is 1. The molecule has 0 heterocycles. The van der Waals surface area contributed by atoms with Crippen LogP contribution < -0.4 is 0 Å². The van der Waals surface area contributed by atoms with Gasteiger partial charge in [0.15, 0.2) is 0 Å². The van der Waals surface area contributed by atoms with Crippen molar-refractivity contribution in [1.29, 1.82) is 0 Å². The first-order valence-electron chi connectivity index (χ1n) is 8.84. The lowest BCUT2D eigenvalue weighted by Gasteiger charge is -2.56. The fraction of sp³-hybridized carbons (Fsp3) is 0.750. The van der Waals surface area contributed by atoms with E-state index in [1.807, 2.05) is 0 Å². The van der Waals surface area contributed by atoms with Crippen LogP contribution in [0.25, 0.3) is 0 Å². The number of carbonyl (C=O) groups excluding carboxylic acids is 1. The Morgan fingerprint density at radius 2 is 1.86 bits per heavy atom. The van der Waals surface area contributed by atoms with Crippen LogP contribution in [0.15, 0.2) is 23.8 Å². The summed E-state index contributed by atoms with van der Waals surface area (Å²) < 4.78 is 0. The van der Waals surface area contributed by atoms with Crippen molar-refractivity contribution in [3.05, 3.63) is 23.8 Å². The van der Waals surface area contributed by atoms with Crippen molar-refractivity contribution in [3.8, 4) is 0 Å². The monoisotopic (exact) mass is 284 g/mol. The van der Waals surface area contributed by atoms with E-state index >= 15 is 0 Å². The lowest BCUT2D eigenvalue weighted by atomic mass is 9.48. The first kappa shape index (κ1) is 13.8. The van der Waals surface area contributed by atoms with Crippen LogP contribution in [-0.4, -0.2) is 5.78 Å². The fourth-order valence-corrected chi connectivity index (χ4v) is 6.34. The van der Waals surface area contributed by atoms with Crippen LogP contribution in [0.5, 0.6) is 0 Å². The number of allylic oxidation sites excluding steroid dienone is 3. The molecule has 1 heteroatoms. The molecule has 0 N–H and O–H groups in total. The van der Waals surface area contributed by atoms with E-state index in [0.717, 1.165) is 37.5 Å². The van der Waals surface area contributed by atoms with E-state index in [9.17, 15) is 4.79 Å². The summed E-state index contributed by atoms with van der Waals surface area (Å²) in [5, 5.41) is 0. The lowest BCUT2D eigenvalue weighted by molar-refractivity contribution is -0.131. The van der Waals surface area contributed by atoms with Gasteiger partial charge in [-0.2, -0.15) is 0 Å². The second-order valence-corrected chi connectivity index (χ2v) is 8.60. The van der Waals surface area contributed by atoms with Gasteiger partial charge in [0.1, 0.15) is 5.78 Å². The van der Waals surface area contributed by atoms with E-state index in [-0.39, 0.29) is 5.41 Å². The summed E-state index contributed by atoms with van der Waals surface area (Å²) in [7, 11) is 0. The maximum Gasteiger partial charge on any atom is 0.139 e. The van der Waals surface area contributed by atoms with Crippen molar-refractivity contribution in [2.45, 2.75) is 65.2 Å². The van der Waals surface area contributed by atoms with Crippen molar-refractivity contribution in [2.75, 3.05) is 0 Å². The zero-order chi connectivity index (χ0) is 14.8. The van der Waals surface area contributed by atoms with Crippen molar-refractivity contribution in [1.82, 2.24) is 0 Å². The Hall–Kier alpha value is -0.850. The highest BCUT2D eigenvalue weighted by Gasteiger charge is 2.58. The number of hydrogen-bond donors (Lipinski definition) is 0. The molecule has 114 valence electrons. The van der Waals surface area contributed by atoms with Crippen LogP contribution >= 0.6 is 0 Å². The molecule has 0 aliphatic heterocycles. The van der Waals surface area contributed by atoms with Crippen LogP contribution in [0.3, 0.4) is 0 Å². The highest BCUT2D eigenvalue weighted by atomic mass is 16.1. The van der Waals surface area contributed by atoms with Gasteiger partial charge in [0.25, 0.3) is 0 Å². The van der Waals surface area contributed by atoms with Crippen LogP contribution in [-0.2, 0) is 4.79 Å². The van der Waals surface area contributed by atoms with Gasteiger partial charge >= 0.3 is 0 Å². The van der Waals surface area contributed by atoms with E-state index in [1.54, 1.807) is 5.57 Å². The number of fused-ring (bicyclic) bond motifs is 5. The molecular formula is C20H28O. The molecular weight excluding hydrogens is 256 g/mol. The van der Waals surface area contributed by atoms with Crippen molar-refractivity contribution >= 4 is 5.78 Å². The van der Waals surface area contributed by atoms with Crippen molar-refractivity contribution < 1.29 is 4.79 Å². The predicted molar refractivity (Wildman–Crippen MR) is 85.9 cm³/mol. The minimum Gasteiger partial charge on any atom is -0.299 e. The first-order chi connectivity index (χ1) is 9.95. The van der Waals surface area contributed by atoms with Gasteiger partial charge in [-0.25, -0.2) is 0 Å². The molecule has 0 unspecified atom stereocenters. The van der Waals surface area contributed by atoms with Gasteiger partial charge in [0.2, 0.25) is 0 Å². The Morgan fingerprint density at radius 3 is 2.67 bits per heavy atom. The quantitative estimate of drug-likeness (QED) is 0.567. The normalized spacial score (nSPS) is 49.2. The van der Waals surface area contributed by atoms with Crippen LogP contribution in [0, 0.1) is 28.6 Å². The highest BCUT2D eigenvalue weighted by Crippen LogP contribution is 2.64. The minimum absolute atomic E-state index is 0.0150. The molecule has 0 aromatic heterocycles. The van der Waals surface area contributed by atoms with Gasteiger partial charge in [-0.15, -0.1) is 0 Å². The molecule has 0 radical (unpaired) electrons. The number of hydrogen-bond acceptors (Lipinski definition) is 1. The maximum atomic E-state index is 12.4. The van der Waals surface area contributed by atoms with Gasteiger partial charge < -0.3 is 0 Å². The Morgan fingerprint density at radius 1 is 1.10 bits per heavy atom. The van der Waals surface area contributed by atoms with Gasteiger partial charge in [-0.3, -0.25) is 4.79 Å². The Balaban J connectivity index is 1.71. The molecule has 21 heavy (non-hydrogen) atoms. The lowest BCUT2D eigenvalue weighted by Crippen LogP contribution is -2.49. The van der Waals surface area contributed by atoms with E-state index in [2.05, 4.69) is 26.5 Å². The average Bonchev–Trinajstić information content (AvgIpc) is 2.76. The first-order valence-corrected chi connectivity index (χ1v) is 8.84. The molecule has 3 fully saturated rings. The molecule has 0 aromatic carbocycles. The van der Waals surface area contributed by atoms with E-state index < -0.39 is 0 Å². The molecule has 0 saturated heterocycles. The molecule has 0 spiro atoms. The van der Waals surface area contributed by atoms with Gasteiger partial charge in [0.05, 0.1) is 0 Å².